The zero-order valence-corrected chi connectivity index (χ0v) is 9.99. The first-order valence-electron chi connectivity index (χ1n) is 4.39. The maximum absolute atomic E-state index is 10.6. The maximum atomic E-state index is 10.6. The highest BCUT2D eigenvalue weighted by atomic mass is 32.2. The minimum atomic E-state index is -1.45. The fourth-order valence-electron chi connectivity index (χ4n) is 1.64. The molecule has 0 saturated heterocycles. The maximum Gasteiger partial charge on any atom is 0.234 e. The number of hydrogen-bond acceptors (Lipinski definition) is 1. The van der Waals surface area contributed by atoms with Gasteiger partial charge in [0.25, 0.3) is 0 Å². The molecule has 1 radical (unpaired) electrons. The van der Waals surface area contributed by atoms with Crippen molar-refractivity contribution in [2.45, 2.75) is 46.4 Å². The van der Waals surface area contributed by atoms with Crippen LogP contribution < -0.4 is 4.63 Å². The highest BCUT2D eigenvalue weighted by molar-refractivity contribution is 7.73. The Hall–Kier alpha value is -0.175. The Morgan fingerprint density at radius 3 is 2.08 bits per heavy atom. The van der Waals surface area contributed by atoms with Gasteiger partial charge in [-0.3, -0.25) is 4.63 Å². The molecule has 0 aromatic heterocycles. The molecule has 0 fully saturated rings. The molecule has 1 N–H and O–H groups in total. The molecule has 0 heterocycles. The molecule has 0 atom stereocenters. The van der Waals surface area contributed by atoms with Crippen LogP contribution in [0.5, 0.6) is 0 Å². The summed E-state index contributed by atoms with van der Waals surface area (Å²) in [6.07, 6.45) is 1.02. The van der Waals surface area contributed by atoms with Crippen molar-refractivity contribution in [3.63, 3.8) is 0 Å². The fourth-order valence-corrected chi connectivity index (χ4v) is 2.07. The summed E-state index contributed by atoms with van der Waals surface area (Å²) >= 11 is 0. The van der Waals surface area contributed by atoms with Crippen molar-refractivity contribution in [2.24, 2.45) is 5.41 Å². The van der Waals surface area contributed by atoms with Gasteiger partial charge in [-0.1, -0.05) is 40.3 Å². The number of rotatable bonds is 3. The predicted octanol–water partition coefficient (Wildman–Crippen LogP) is 2.08. The van der Waals surface area contributed by atoms with E-state index >= 15 is 0 Å². The third-order valence-corrected chi connectivity index (χ3v) is 1.90. The monoisotopic (exact) mass is 200 g/mol. The van der Waals surface area contributed by atoms with Crippen molar-refractivity contribution in [3.05, 3.63) is 0 Å². The molecule has 0 aromatic rings. The van der Waals surface area contributed by atoms with Crippen molar-refractivity contribution in [1.29, 1.82) is 0 Å². The van der Waals surface area contributed by atoms with Gasteiger partial charge >= 0.3 is 0 Å². The molecule has 0 saturated carbocycles. The molecule has 75 valence electrons. The molecular weight excluding hydrogens is 181 g/mol. The van der Waals surface area contributed by atoms with Gasteiger partial charge in [0.2, 0.25) is 7.41 Å². The van der Waals surface area contributed by atoms with E-state index in [0.29, 0.717) is 0 Å². The molecule has 4 heteroatoms. The topological polar surface area (TPSA) is 29.1 Å². The summed E-state index contributed by atoms with van der Waals surface area (Å²) in [5.74, 6) is 0. The van der Waals surface area contributed by atoms with Crippen LogP contribution in [0.2, 0.25) is 5.31 Å². The van der Waals surface area contributed by atoms with Gasteiger partial charge in [0.15, 0.2) is 0 Å². The normalized spacial score (nSPS) is 12.6. The molecule has 0 amide bonds. The largest absolute Gasteiger partial charge is 0.262 e. The van der Waals surface area contributed by atoms with Crippen molar-refractivity contribution in [1.82, 2.24) is 4.63 Å². The summed E-state index contributed by atoms with van der Waals surface area (Å²) in [7, 11) is 0.368. The molecule has 0 rings (SSSR count). The second kappa shape index (κ2) is 4.36. The van der Waals surface area contributed by atoms with Gasteiger partial charge in [-0.2, -0.15) is 0 Å². The van der Waals surface area contributed by atoms with Crippen LogP contribution in [0.1, 0.15) is 41.0 Å². The molecule has 0 aliphatic carbocycles. The van der Waals surface area contributed by atoms with Crippen molar-refractivity contribution < 1.29 is 4.21 Å². The number of hydrogen-bond donors (Lipinski definition) is 1. The lowest BCUT2D eigenvalue weighted by Gasteiger charge is -2.31. The van der Waals surface area contributed by atoms with Gasteiger partial charge in [0, 0.05) is 0 Å². The molecule has 2 nitrogen and oxygen atoms in total. The average Bonchev–Trinajstić information content (AvgIpc) is 1.78. The first kappa shape index (κ1) is 12.8. The summed E-state index contributed by atoms with van der Waals surface area (Å²) in [6.45, 7) is 10.7. The Morgan fingerprint density at radius 2 is 1.77 bits per heavy atom. The van der Waals surface area contributed by atoms with E-state index in [9.17, 15) is 4.21 Å². The Labute approximate surface area is 84.6 Å². The Balaban J connectivity index is 4.11. The van der Waals surface area contributed by atoms with Crippen LogP contribution in [0, 0.1) is 11.1 Å². The van der Waals surface area contributed by atoms with Crippen molar-refractivity contribution in [3.8, 4) is 5.69 Å². The van der Waals surface area contributed by atoms with E-state index < -0.39 is 10.4 Å². The SMILES string of the molecule is C#S(=O)N[B]C(C)(C)CC(C)(C)C. The van der Waals surface area contributed by atoms with Gasteiger partial charge in [-0.15, -0.1) is 0 Å². The summed E-state index contributed by atoms with van der Waals surface area (Å²) in [6, 6.07) is 0. The average molecular weight is 200 g/mol. The lowest BCUT2D eigenvalue weighted by molar-refractivity contribution is 0.328. The van der Waals surface area contributed by atoms with E-state index in [4.69, 9.17) is 5.69 Å². The molecule has 0 aliphatic heterocycles. The highest BCUT2D eigenvalue weighted by Crippen LogP contribution is 2.37. The van der Waals surface area contributed by atoms with Gasteiger partial charge in [0.1, 0.15) is 0 Å². The summed E-state index contributed by atoms with van der Waals surface area (Å²) in [4.78, 5) is 0. The molecule has 0 unspecified atom stereocenters. The standard InChI is InChI=1S/C9H19BNOS/c1-8(2,3)7-9(4,5)10-11-13(6)12/h6H,7H2,1-5H3,(H,11,12). The minimum absolute atomic E-state index is 0.00722. The van der Waals surface area contributed by atoms with Gasteiger partial charge in [-0.05, 0) is 17.2 Å². The van der Waals surface area contributed by atoms with Gasteiger partial charge in [0.05, 0.1) is 10.4 Å². The second-order valence-corrected chi connectivity index (χ2v) is 6.12. The van der Waals surface area contributed by atoms with Crippen LogP contribution in [0.15, 0.2) is 0 Å². The Morgan fingerprint density at radius 1 is 1.31 bits per heavy atom. The molecule has 13 heavy (non-hydrogen) atoms. The van der Waals surface area contributed by atoms with Crippen LogP contribution in [0.4, 0.5) is 0 Å². The fraction of sp³-hybridized carbons (Fsp3) is 0.889. The summed E-state index contributed by atoms with van der Waals surface area (Å²) in [5, 5.41) is 0.00722. The molecule has 0 spiro atoms. The molecule has 0 aliphatic rings. The van der Waals surface area contributed by atoms with E-state index in [1.165, 1.54) is 0 Å². The van der Waals surface area contributed by atoms with Crippen molar-refractivity contribution in [2.75, 3.05) is 0 Å². The summed E-state index contributed by atoms with van der Waals surface area (Å²) in [5.41, 5.74) is 5.35. The van der Waals surface area contributed by atoms with Crippen LogP contribution in [-0.4, -0.2) is 11.6 Å². The third kappa shape index (κ3) is 8.16. The van der Waals surface area contributed by atoms with Crippen LogP contribution in [0.3, 0.4) is 0 Å². The first-order chi connectivity index (χ1) is 5.62. The Kier molecular flexibility index (Phi) is 4.30. The summed E-state index contributed by atoms with van der Waals surface area (Å²) < 4.78 is 13.2. The van der Waals surface area contributed by atoms with E-state index in [0.717, 1.165) is 6.42 Å². The Bertz CT molecular complexity index is 273. The quantitative estimate of drug-likeness (QED) is 0.694. The van der Waals surface area contributed by atoms with E-state index in [1.807, 2.05) is 7.41 Å². The van der Waals surface area contributed by atoms with Crippen LogP contribution in [-0.2, 0) is 10.4 Å². The molecular formula is C9H19BNOS. The van der Waals surface area contributed by atoms with Crippen LogP contribution >= 0.6 is 0 Å². The van der Waals surface area contributed by atoms with Crippen LogP contribution in [0.25, 0.3) is 0 Å². The minimum Gasteiger partial charge on any atom is -0.262 e. The lowest BCUT2D eigenvalue weighted by atomic mass is 9.58. The highest BCUT2D eigenvalue weighted by Gasteiger charge is 2.26. The number of nitrogens with one attached hydrogen (secondary N) is 1. The second-order valence-electron chi connectivity index (χ2n) is 5.29. The zero-order chi connectivity index (χ0) is 10.7. The zero-order valence-electron chi connectivity index (χ0n) is 9.18. The third-order valence-electron chi connectivity index (χ3n) is 1.55. The molecule has 0 bridgehead atoms. The van der Waals surface area contributed by atoms with Crippen molar-refractivity contribution >= 4 is 17.8 Å². The lowest BCUT2D eigenvalue weighted by Crippen LogP contribution is -2.30. The van der Waals surface area contributed by atoms with E-state index in [1.54, 1.807) is 0 Å². The van der Waals surface area contributed by atoms with Gasteiger partial charge < -0.3 is 0 Å². The van der Waals surface area contributed by atoms with E-state index in [2.05, 4.69) is 39.3 Å². The van der Waals surface area contributed by atoms with Gasteiger partial charge in [-0.25, -0.2) is 4.21 Å². The van der Waals surface area contributed by atoms with E-state index in [-0.39, 0.29) is 10.7 Å². The predicted molar refractivity (Wildman–Crippen MR) is 60.1 cm³/mol. The smallest absolute Gasteiger partial charge is 0.234 e. The molecule has 0 aromatic carbocycles. The first-order valence-corrected chi connectivity index (χ1v) is 5.60.